The second-order valence-electron chi connectivity index (χ2n) is 8.91. The average molecular weight is 542 g/mol. The van der Waals surface area contributed by atoms with Gasteiger partial charge < -0.3 is 19.3 Å². The minimum atomic E-state index is -4.43. The number of sulfonamides is 1. The Balaban J connectivity index is 1.86. The highest BCUT2D eigenvalue weighted by Crippen LogP contribution is 2.46. The third kappa shape index (κ3) is 12.6. The molecule has 0 aliphatic rings. The maximum Gasteiger partial charge on any atom is 0.358 e. The summed E-state index contributed by atoms with van der Waals surface area (Å²) in [6.07, 6.45) is 5.31. The molecular weight excluding hydrogens is 501 g/mol. The smallest absolute Gasteiger partial charge is 0.358 e. The molecule has 2 aromatic rings. The van der Waals surface area contributed by atoms with E-state index in [2.05, 4.69) is 11.6 Å². The van der Waals surface area contributed by atoms with E-state index in [1.54, 1.807) is 0 Å². The lowest BCUT2D eigenvalue weighted by Gasteiger charge is -2.23. The second-order valence-corrected chi connectivity index (χ2v) is 12.8. The van der Waals surface area contributed by atoms with Crippen LogP contribution in [0.3, 0.4) is 0 Å². The molecule has 202 valence electrons. The zero-order chi connectivity index (χ0) is 26.3. The number of benzene rings is 2. The number of hydrogen-bond donors (Lipinski definition) is 3. The Morgan fingerprint density at radius 1 is 0.917 bits per heavy atom. The Morgan fingerprint density at radius 2 is 1.56 bits per heavy atom. The van der Waals surface area contributed by atoms with Gasteiger partial charge in [0.15, 0.2) is 5.85 Å². The van der Waals surface area contributed by atoms with Crippen LogP contribution in [0.1, 0.15) is 56.6 Å². The molecule has 0 saturated carbocycles. The van der Waals surface area contributed by atoms with Gasteiger partial charge in [0.1, 0.15) is 0 Å². The molecule has 0 aliphatic carbocycles. The summed E-state index contributed by atoms with van der Waals surface area (Å²) in [5.41, 5.74) is 1.93. The molecule has 3 unspecified atom stereocenters. The van der Waals surface area contributed by atoms with Crippen LogP contribution in [0, 0.1) is 0 Å². The van der Waals surface area contributed by atoms with Crippen molar-refractivity contribution in [2.75, 3.05) is 19.0 Å². The van der Waals surface area contributed by atoms with Crippen molar-refractivity contribution >= 4 is 17.6 Å². The number of aryl methyl sites for hydroxylation is 1. The molecule has 0 spiro atoms. The highest BCUT2D eigenvalue weighted by Gasteiger charge is 2.32. The zero-order valence-corrected chi connectivity index (χ0v) is 22.7. The Kier molecular flexibility index (Phi) is 13.9. The van der Waals surface area contributed by atoms with Gasteiger partial charge in [-0.05, 0) is 30.4 Å². The van der Waals surface area contributed by atoms with Crippen LogP contribution < -0.4 is 4.72 Å². The van der Waals surface area contributed by atoms with E-state index in [9.17, 15) is 23.0 Å². The van der Waals surface area contributed by atoms with Gasteiger partial charge in [-0.1, -0.05) is 93.3 Å². The lowest BCUT2D eigenvalue weighted by molar-refractivity contribution is 0.0471. The normalized spacial score (nSPS) is 15.3. The number of unbranched alkanes of at least 4 members (excludes halogenated alkanes) is 3. The van der Waals surface area contributed by atoms with Gasteiger partial charge in [0, 0.05) is 6.04 Å². The molecule has 36 heavy (non-hydrogen) atoms. The molecule has 0 amide bonds. The third-order valence-electron chi connectivity index (χ3n) is 5.69. The van der Waals surface area contributed by atoms with Crippen molar-refractivity contribution in [3.8, 4) is 0 Å². The summed E-state index contributed by atoms with van der Waals surface area (Å²) in [4.78, 5) is 10.2. The molecule has 8 nitrogen and oxygen atoms in total. The van der Waals surface area contributed by atoms with Crippen LogP contribution in [0.15, 0.2) is 60.7 Å². The molecule has 3 atom stereocenters. The van der Waals surface area contributed by atoms with Crippen LogP contribution >= 0.6 is 7.60 Å². The predicted octanol–water partition coefficient (Wildman–Crippen LogP) is 4.61. The van der Waals surface area contributed by atoms with Crippen LogP contribution in [0.5, 0.6) is 0 Å². The summed E-state index contributed by atoms with van der Waals surface area (Å²) in [5, 5.41) is 10.2. The van der Waals surface area contributed by atoms with E-state index < -0.39 is 29.5 Å². The van der Waals surface area contributed by atoms with Crippen molar-refractivity contribution in [3.63, 3.8) is 0 Å². The number of rotatable bonds is 19. The molecule has 3 N–H and O–H groups in total. The minimum absolute atomic E-state index is 0.0555. The molecule has 0 bridgehead atoms. The van der Waals surface area contributed by atoms with Crippen molar-refractivity contribution in [3.05, 3.63) is 71.8 Å². The molecule has 10 heteroatoms. The van der Waals surface area contributed by atoms with Crippen molar-refractivity contribution in [2.45, 2.75) is 70.4 Å². The highest BCUT2D eigenvalue weighted by molar-refractivity contribution is 7.89. The topological polar surface area (TPSA) is 122 Å². The van der Waals surface area contributed by atoms with Gasteiger partial charge in [0.05, 0.1) is 25.6 Å². The van der Waals surface area contributed by atoms with Gasteiger partial charge in [-0.3, -0.25) is 4.57 Å². The molecule has 0 heterocycles. The van der Waals surface area contributed by atoms with Crippen molar-refractivity contribution in [2.24, 2.45) is 0 Å². The van der Waals surface area contributed by atoms with E-state index in [0.717, 1.165) is 36.8 Å². The second kappa shape index (κ2) is 16.3. The van der Waals surface area contributed by atoms with E-state index in [0.29, 0.717) is 19.3 Å². The van der Waals surface area contributed by atoms with Crippen LogP contribution in [0.25, 0.3) is 0 Å². The Hall–Kier alpha value is -1.58. The largest absolute Gasteiger partial charge is 0.378 e. The van der Waals surface area contributed by atoms with E-state index in [1.807, 2.05) is 60.7 Å². The summed E-state index contributed by atoms with van der Waals surface area (Å²) in [6, 6.07) is 18.2. The van der Waals surface area contributed by atoms with Crippen LogP contribution in [-0.4, -0.2) is 49.3 Å². The van der Waals surface area contributed by atoms with Gasteiger partial charge >= 0.3 is 7.60 Å². The lowest BCUT2D eigenvalue weighted by Crippen LogP contribution is -2.39. The minimum Gasteiger partial charge on any atom is -0.378 e. The first-order valence-electron chi connectivity index (χ1n) is 12.5. The molecule has 2 aromatic carbocycles. The zero-order valence-electron chi connectivity index (χ0n) is 21.0. The standard InChI is InChI=1S/C26H40NO7PS/c1-2-3-4-11-18-25(27-36(31,32)19-12-17-23-13-7-5-8-14-23)21-34-35(29,30)26(28)22-33-20-24-15-9-6-10-16-24/h5-10,13-16,25-28H,2-4,11-12,17-22H2,1H3,(H,29,30). The summed E-state index contributed by atoms with van der Waals surface area (Å²) >= 11 is 0. The van der Waals surface area contributed by atoms with Crippen LogP contribution in [-0.2, 0) is 36.9 Å². The summed E-state index contributed by atoms with van der Waals surface area (Å²) in [7, 11) is -8.05. The lowest BCUT2D eigenvalue weighted by atomic mass is 10.1. The van der Waals surface area contributed by atoms with Gasteiger partial charge in [0.2, 0.25) is 10.0 Å². The van der Waals surface area contributed by atoms with E-state index in [1.165, 1.54) is 0 Å². The van der Waals surface area contributed by atoms with Gasteiger partial charge in [-0.25, -0.2) is 13.1 Å². The summed E-state index contributed by atoms with van der Waals surface area (Å²) < 4.78 is 51.1. The van der Waals surface area contributed by atoms with Crippen molar-refractivity contribution in [1.29, 1.82) is 0 Å². The maximum atomic E-state index is 12.7. The maximum absolute atomic E-state index is 12.7. The monoisotopic (exact) mass is 541 g/mol. The van der Waals surface area contributed by atoms with Crippen molar-refractivity contribution < 1.29 is 32.2 Å². The molecule has 2 rings (SSSR count). The highest BCUT2D eigenvalue weighted by atomic mass is 32.2. The Bertz CT molecular complexity index is 1010. The fourth-order valence-corrected chi connectivity index (χ4v) is 5.85. The average Bonchev–Trinajstić information content (AvgIpc) is 2.86. The quantitative estimate of drug-likeness (QED) is 0.175. The number of hydrogen-bond acceptors (Lipinski definition) is 6. The predicted molar refractivity (Wildman–Crippen MR) is 142 cm³/mol. The van der Waals surface area contributed by atoms with Gasteiger partial charge in [-0.15, -0.1) is 0 Å². The molecule has 0 fully saturated rings. The first kappa shape index (κ1) is 30.6. The van der Waals surface area contributed by atoms with E-state index in [4.69, 9.17) is 9.26 Å². The summed E-state index contributed by atoms with van der Waals surface area (Å²) in [6.45, 7) is 1.57. The van der Waals surface area contributed by atoms with E-state index in [-0.39, 0.29) is 25.6 Å². The first-order valence-corrected chi connectivity index (χ1v) is 15.8. The van der Waals surface area contributed by atoms with Crippen LogP contribution in [0.2, 0.25) is 0 Å². The third-order valence-corrected chi connectivity index (χ3v) is 8.63. The molecular formula is C26H40NO7PS. The number of nitrogens with one attached hydrogen (secondary N) is 1. The molecule has 0 aromatic heterocycles. The fourth-order valence-electron chi connectivity index (χ4n) is 3.65. The van der Waals surface area contributed by atoms with Gasteiger partial charge in [0.25, 0.3) is 0 Å². The fraction of sp³-hybridized carbons (Fsp3) is 0.538. The molecule has 0 aliphatic heterocycles. The van der Waals surface area contributed by atoms with E-state index >= 15 is 0 Å². The summed E-state index contributed by atoms with van der Waals surface area (Å²) in [5.74, 6) is -1.79. The van der Waals surface area contributed by atoms with Gasteiger partial charge in [-0.2, -0.15) is 0 Å². The molecule has 0 saturated heterocycles. The first-order chi connectivity index (χ1) is 17.2. The number of aliphatic hydroxyl groups excluding tert-OH is 1. The Morgan fingerprint density at radius 3 is 2.19 bits per heavy atom. The number of ether oxygens (including phenoxy) is 1. The molecule has 0 radical (unpaired) electrons. The SMILES string of the molecule is CCCCCCC(COP(=O)(O)C(O)COCc1ccccc1)NS(=O)(=O)CCCc1ccccc1. The van der Waals surface area contributed by atoms with Crippen molar-refractivity contribution in [1.82, 2.24) is 4.72 Å². The van der Waals surface area contributed by atoms with Crippen LogP contribution in [0.4, 0.5) is 0 Å². The Labute approximate surface area is 215 Å². The number of aliphatic hydroxyl groups is 1.